The summed E-state index contributed by atoms with van der Waals surface area (Å²) in [5.41, 5.74) is -0.0471. The summed E-state index contributed by atoms with van der Waals surface area (Å²) in [6.07, 6.45) is 0.000945. The number of benzene rings is 1. The molecule has 0 aromatic heterocycles. The molecule has 0 radical (unpaired) electrons. The first-order valence-electron chi connectivity index (χ1n) is 6.89. The smallest absolute Gasteiger partial charge is 0.310 e. The molecule has 0 aliphatic rings. The minimum Gasteiger partial charge on any atom is -0.481 e. The monoisotopic (exact) mass is 355 g/mol. The Hall–Kier alpha value is -1.36. The van der Waals surface area contributed by atoms with Crippen molar-refractivity contribution in [2.24, 2.45) is 11.3 Å². The normalized spacial score (nSPS) is 13.8. The molecule has 0 fully saturated rings. The zero-order valence-corrected chi connectivity index (χ0v) is 14.5. The first-order valence-corrected chi connectivity index (χ1v) is 7.68. The lowest BCUT2D eigenvalue weighted by molar-refractivity contribution is -0.155. The number of amides is 1. The van der Waals surface area contributed by atoms with Crippen molar-refractivity contribution in [3.05, 3.63) is 34.3 Å². The molecule has 0 aliphatic carbocycles. The minimum absolute atomic E-state index is 0.000945. The van der Waals surface area contributed by atoms with Gasteiger partial charge in [-0.3, -0.25) is 9.59 Å². The Labute approximate surface area is 134 Å². The van der Waals surface area contributed by atoms with E-state index in [0.29, 0.717) is 6.54 Å². The van der Waals surface area contributed by atoms with Crippen LogP contribution in [0.2, 0.25) is 0 Å². The zero-order chi connectivity index (χ0) is 16.2. The third kappa shape index (κ3) is 4.30. The fourth-order valence-electron chi connectivity index (χ4n) is 1.95. The van der Waals surface area contributed by atoms with Crippen molar-refractivity contribution in [3.63, 3.8) is 0 Å². The van der Waals surface area contributed by atoms with Gasteiger partial charge in [0.25, 0.3) is 0 Å². The predicted octanol–water partition coefficient (Wildman–Crippen LogP) is 3.54. The highest BCUT2D eigenvalue weighted by molar-refractivity contribution is 9.10. The number of carboxylic acids is 1. The molecule has 1 amide bonds. The molecule has 116 valence electrons. The molecule has 1 N–H and O–H groups in total. The van der Waals surface area contributed by atoms with Crippen molar-refractivity contribution in [1.29, 1.82) is 0 Å². The van der Waals surface area contributed by atoms with Gasteiger partial charge in [-0.05, 0) is 24.5 Å². The van der Waals surface area contributed by atoms with Crippen LogP contribution < -0.4 is 0 Å². The van der Waals surface area contributed by atoms with E-state index in [2.05, 4.69) is 15.9 Å². The molecular weight excluding hydrogens is 334 g/mol. The maximum atomic E-state index is 12.3. The molecule has 0 bridgehead atoms. The predicted molar refractivity (Wildman–Crippen MR) is 85.8 cm³/mol. The zero-order valence-electron chi connectivity index (χ0n) is 12.9. The highest BCUT2D eigenvalue weighted by Crippen LogP contribution is 2.32. The van der Waals surface area contributed by atoms with E-state index in [1.165, 1.54) is 0 Å². The van der Waals surface area contributed by atoms with Crippen LogP contribution in [0, 0.1) is 11.3 Å². The van der Waals surface area contributed by atoms with Crippen LogP contribution in [0.1, 0.15) is 32.8 Å². The summed E-state index contributed by atoms with van der Waals surface area (Å²) in [5, 5.41) is 9.39. The van der Waals surface area contributed by atoms with Crippen LogP contribution in [0.15, 0.2) is 28.7 Å². The number of halogens is 1. The lowest BCUT2D eigenvalue weighted by Crippen LogP contribution is -2.39. The fourth-order valence-corrected chi connectivity index (χ4v) is 2.36. The first kappa shape index (κ1) is 17.7. The minimum atomic E-state index is -1.04. The maximum absolute atomic E-state index is 12.3. The number of hydrogen-bond acceptors (Lipinski definition) is 2. The molecule has 1 aromatic carbocycles. The molecular formula is C16H22BrNO3. The van der Waals surface area contributed by atoms with E-state index in [9.17, 15) is 14.7 Å². The number of hydrogen-bond donors (Lipinski definition) is 1. The third-order valence-electron chi connectivity index (χ3n) is 4.07. The quantitative estimate of drug-likeness (QED) is 0.848. The molecule has 0 saturated carbocycles. The molecule has 0 heterocycles. The Morgan fingerprint density at radius 3 is 2.38 bits per heavy atom. The second kappa shape index (κ2) is 7.07. The molecule has 5 heteroatoms. The summed E-state index contributed by atoms with van der Waals surface area (Å²) < 4.78 is 0.939. The van der Waals surface area contributed by atoms with Crippen LogP contribution in [0.4, 0.5) is 0 Å². The number of carbonyl (C=O) groups excluding carboxylic acids is 1. The van der Waals surface area contributed by atoms with Crippen molar-refractivity contribution in [1.82, 2.24) is 4.90 Å². The molecule has 4 nitrogen and oxygen atoms in total. The summed E-state index contributed by atoms with van der Waals surface area (Å²) in [7, 11) is 1.70. The maximum Gasteiger partial charge on any atom is 0.310 e. The van der Waals surface area contributed by atoms with Gasteiger partial charge in [-0.1, -0.05) is 48.0 Å². The Balaban J connectivity index is 2.80. The molecule has 0 aliphatic heterocycles. The van der Waals surface area contributed by atoms with Crippen molar-refractivity contribution in [2.75, 3.05) is 7.05 Å². The van der Waals surface area contributed by atoms with E-state index >= 15 is 0 Å². The van der Waals surface area contributed by atoms with Crippen molar-refractivity contribution < 1.29 is 14.7 Å². The molecule has 0 spiro atoms. The van der Waals surface area contributed by atoms with Crippen molar-refractivity contribution in [2.45, 2.75) is 33.7 Å². The van der Waals surface area contributed by atoms with Crippen LogP contribution >= 0.6 is 15.9 Å². The third-order valence-corrected chi connectivity index (χ3v) is 4.85. The average Bonchev–Trinajstić information content (AvgIpc) is 2.40. The van der Waals surface area contributed by atoms with Gasteiger partial charge in [0.05, 0.1) is 5.41 Å². The second-order valence-corrected chi connectivity index (χ2v) is 6.75. The van der Waals surface area contributed by atoms with Gasteiger partial charge >= 0.3 is 5.97 Å². The van der Waals surface area contributed by atoms with Crippen LogP contribution in [0.5, 0.6) is 0 Å². The van der Waals surface area contributed by atoms with Crippen molar-refractivity contribution >= 4 is 27.8 Å². The van der Waals surface area contributed by atoms with Gasteiger partial charge in [0.1, 0.15) is 0 Å². The second-order valence-electron chi connectivity index (χ2n) is 5.90. The number of aliphatic carboxylic acids is 1. The summed E-state index contributed by atoms with van der Waals surface area (Å²) in [6, 6.07) is 7.68. The van der Waals surface area contributed by atoms with E-state index in [4.69, 9.17) is 0 Å². The van der Waals surface area contributed by atoms with Crippen LogP contribution in [0.25, 0.3) is 0 Å². The number of carbonyl (C=O) groups is 2. The lowest BCUT2D eigenvalue weighted by atomic mass is 9.76. The topological polar surface area (TPSA) is 57.6 Å². The molecule has 1 aromatic rings. The number of carboxylic acid groups (broad SMARTS) is 1. The Bertz CT molecular complexity index is 530. The van der Waals surface area contributed by atoms with Crippen LogP contribution in [0.3, 0.4) is 0 Å². The van der Waals surface area contributed by atoms with Gasteiger partial charge in [0.2, 0.25) is 5.91 Å². The molecule has 1 atom stereocenters. The summed E-state index contributed by atoms with van der Waals surface area (Å²) in [6.45, 7) is 5.74. The van der Waals surface area contributed by atoms with E-state index in [-0.39, 0.29) is 18.2 Å². The molecule has 1 rings (SSSR count). The van der Waals surface area contributed by atoms with Gasteiger partial charge in [-0.25, -0.2) is 0 Å². The fraction of sp³-hybridized carbons (Fsp3) is 0.500. The standard InChI is InChI=1S/C16H22BrNO3/c1-11(2)16(3,15(20)21)9-14(19)18(4)10-12-7-5-6-8-13(12)17/h5-8,11H,9-10H2,1-4H3,(H,20,21). The van der Waals surface area contributed by atoms with E-state index in [1.807, 2.05) is 38.1 Å². The van der Waals surface area contributed by atoms with E-state index in [0.717, 1.165) is 10.0 Å². The van der Waals surface area contributed by atoms with Gasteiger partial charge < -0.3 is 10.0 Å². The van der Waals surface area contributed by atoms with E-state index in [1.54, 1.807) is 18.9 Å². The summed E-state index contributed by atoms with van der Waals surface area (Å²) in [4.78, 5) is 25.4. The molecule has 21 heavy (non-hydrogen) atoms. The summed E-state index contributed by atoms with van der Waals surface area (Å²) in [5.74, 6) is -1.21. The largest absolute Gasteiger partial charge is 0.481 e. The Morgan fingerprint density at radius 2 is 1.90 bits per heavy atom. The van der Waals surface area contributed by atoms with Crippen LogP contribution in [-0.4, -0.2) is 28.9 Å². The van der Waals surface area contributed by atoms with Gasteiger partial charge in [0, 0.05) is 24.5 Å². The average molecular weight is 356 g/mol. The Kier molecular flexibility index (Phi) is 5.96. The Morgan fingerprint density at radius 1 is 1.33 bits per heavy atom. The highest BCUT2D eigenvalue weighted by Gasteiger charge is 2.39. The van der Waals surface area contributed by atoms with Crippen molar-refractivity contribution in [3.8, 4) is 0 Å². The van der Waals surface area contributed by atoms with E-state index < -0.39 is 11.4 Å². The van der Waals surface area contributed by atoms with Gasteiger partial charge in [0.15, 0.2) is 0 Å². The summed E-state index contributed by atoms with van der Waals surface area (Å²) >= 11 is 3.45. The molecule has 1 unspecified atom stereocenters. The molecule has 0 saturated heterocycles. The highest BCUT2D eigenvalue weighted by atomic mass is 79.9. The number of rotatable bonds is 6. The van der Waals surface area contributed by atoms with Gasteiger partial charge in [-0.15, -0.1) is 0 Å². The first-order chi connectivity index (χ1) is 9.68. The SMILES string of the molecule is CC(C)C(C)(CC(=O)N(C)Cc1ccccc1Br)C(=O)O. The van der Waals surface area contributed by atoms with Gasteiger partial charge in [-0.2, -0.15) is 0 Å². The number of nitrogens with zero attached hydrogens (tertiary/aromatic N) is 1. The van der Waals surface area contributed by atoms with Crippen LogP contribution in [-0.2, 0) is 16.1 Å². The lowest BCUT2D eigenvalue weighted by Gasteiger charge is -2.30.